The molecule has 0 saturated heterocycles. The summed E-state index contributed by atoms with van der Waals surface area (Å²) in [4.78, 5) is 10.4. The monoisotopic (exact) mass is 440 g/mol. The quantitative estimate of drug-likeness (QED) is 0.262. The van der Waals surface area contributed by atoms with Crippen LogP contribution in [-0.2, 0) is 4.79 Å². The van der Waals surface area contributed by atoms with Crippen LogP contribution in [0.25, 0.3) is 0 Å². The number of hydrogen-bond acceptors (Lipinski definition) is 2. The van der Waals surface area contributed by atoms with Crippen molar-refractivity contribution in [2.75, 3.05) is 0 Å². The molecule has 0 amide bonds. The number of carbonyl (C=O) groups is 1. The molecule has 0 aromatic heterocycles. The summed E-state index contributed by atoms with van der Waals surface area (Å²) in [5.41, 5.74) is 0. The van der Waals surface area contributed by atoms with Crippen LogP contribution in [0.3, 0.4) is 0 Å². The Hall–Kier alpha value is -1.31. The van der Waals surface area contributed by atoms with Gasteiger partial charge in [-0.15, -0.1) is 0 Å². The first-order chi connectivity index (χ1) is 13.4. The summed E-state index contributed by atoms with van der Waals surface area (Å²) in [6.45, 7) is 2.24. The smallest absolute Gasteiger partial charge is 0.314 e. The lowest BCUT2D eigenvalue weighted by Gasteiger charge is -2.40. The van der Waals surface area contributed by atoms with Gasteiger partial charge in [0, 0.05) is 0 Å². The average molecular weight is 441 g/mol. The lowest BCUT2D eigenvalue weighted by molar-refractivity contribution is -0.140. The van der Waals surface area contributed by atoms with Crippen molar-refractivity contribution in [1.29, 1.82) is 0 Å². The minimum Gasteiger partial charge on any atom is -0.426 e. The number of benzene rings is 1. The van der Waals surface area contributed by atoms with Crippen LogP contribution in [-0.4, -0.2) is 5.97 Å². The first-order valence-corrected chi connectivity index (χ1v) is 12.4. The van der Waals surface area contributed by atoms with E-state index in [-0.39, 0.29) is 23.8 Å². The van der Waals surface area contributed by atoms with Crippen LogP contribution in [0, 0.1) is 23.7 Å². The van der Waals surface area contributed by atoms with Crippen molar-refractivity contribution in [3.63, 3.8) is 0 Å². The molecular formula is C21H29F5O2S. The van der Waals surface area contributed by atoms with Crippen molar-refractivity contribution in [3.8, 4) is 5.75 Å². The lowest BCUT2D eigenvalue weighted by Crippen LogP contribution is -2.30. The second-order valence-corrected chi connectivity index (χ2v) is 11.1. The molecule has 0 heterocycles. The van der Waals surface area contributed by atoms with Gasteiger partial charge in [0.25, 0.3) is 0 Å². The zero-order valence-electron chi connectivity index (χ0n) is 16.6. The zero-order valence-corrected chi connectivity index (χ0v) is 17.4. The van der Waals surface area contributed by atoms with Crippen LogP contribution in [0.1, 0.15) is 64.7 Å². The fourth-order valence-corrected chi connectivity index (χ4v) is 5.51. The SMILES string of the molecule is CC[C@H]1CC[C@H]([C@H]2CC[C@H](C(=O)Oc3ccc(S(F)(F)(F)(F)F)cc3)CC2)CC1. The fourth-order valence-electron chi connectivity index (χ4n) is 4.86. The summed E-state index contributed by atoms with van der Waals surface area (Å²) in [5.74, 6) is 1.30. The maximum atomic E-state index is 12.8. The van der Waals surface area contributed by atoms with Gasteiger partial charge in [-0.3, -0.25) is 4.79 Å². The molecule has 0 bridgehead atoms. The summed E-state index contributed by atoms with van der Waals surface area (Å²) < 4.78 is 68.9. The molecule has 0 aliphatic heterocycles. The lowest BCUT2D eigenvalue weighted by atomic mass is 9.69. The molecule has 8 heteroatoms. The molecule has 2 aliphatic carbocycles. The Balaban J connectivity index is 1.50. The molecule has 1 aromatic rings. The third kappa shape index (κ3) is 5.86. The Bertz CT molecular complexity index is 716. The van der Waals surface area contributed by atoms with Crippen molar-refractivity contribution < 1.29 is 29.0 Å². The number of ether oxygens (including phenoxy) is 1. The van der Waals surface area contributed by atoms with E-state index in [4.69, 9.17) is 4.74 Å². The Morgan fingerprint density at radius 3 is 1.79 bits per heavy atom. The molecule has 0 atom stereocenters. The zero-order chi connectivity index (χ0) is 21.3. The van der Waals surface area contributed by atoms with E-state index in [9.17, 15) is 24.2 Å². The molecule has 2 nitrogen and oxygen atoms in total. The molecule has 2 saturated carbocycles. The van der Waals surface area contributed by atoms with E-state index in [1.165, 1.54) is 32.1 Å². The molecule has 0 unspecified atom stereocenters. The fraction of sp³-hybridized carbons (Fsp3) is 0.667. The highest BCUT2D eigenvalue weighted by molar-refractivity contribution is 8.45. The largest absolute Gasteiger partial charge is 0.426 e. The Morgan fingerprint density at radius 2 is 1.34 bits per heavy atom. The highest BCUT2D eigenvalue weighted by Gasteiger charge is 2.65. The van der Waals surface area contributed by atoms with E-state index in [0.717, 1.165) is 36.8 Å². The number of carbonyl (C=O) groups excluding carboxylic acids is 1. The van der Waals surface area contributed by atoms with Crippen molar-refractivity contribution in [1.82, 2.24) is 0 Å². The standard InChI is InChI=1S/C21H29F5O2S/c1-2-15-3-5-16(6-4-15)17-7-9-18(10-8-17)21(27)28-19-11-13-20(14-12-19)29(22,23,24,25)26/h11-18H,2-10H2,1H3/t15-,16-,17-,18-. The first kappa shape index (κ1) is 22.4. The second-order valence-electron chi connectivity index (χ2n) is 8.66. The predicted molar refractivity (Wildman–Crippen MR) is 105 cm³/mol. The number of halogens is 5. The Kier molecular flexibility index (Phi) is 5.73. The average Bonchev–Trinajstić information content (AvgIpc) is 2.67. The number of hydrogen-bond donors (Lipinski definition) is 0. The van der Waals surface area contributed by atoms with Crippen molar-refractivity contribution in [3.05, 3.63) is 24.3 Å². The third-order valence-electron chi connectivity index (χ3n) is 6.73. The summed E-state index contributed by atoms with van der Waals surface area (Å²) in [6, 6.07) is 2.10. The molecule has 1 aromatic carbocycles. The molecule has 2 fully saturated rings. The van der Waals surface area contributed by atoms with E-state index < -0.39 is 21.1 Å². The van der Waals surface area contributed by atoms with E-state index in [0.29, 0.717) is 18.8 Å². The molecule has 29 heavy (non-hydrogen) atoms. The molecule has 166 valence electrons. The molecule has 2 aliphatic rings. The molecule has 0 spiro atoms. The van der Waals surface area contributed by atoms with Gasteiger partial charge in [0.05, 0.1) is 5.92 Å². The highest BCUT2D eigenvalue weighted by atomic mass is 32.5. The predicted octanol–water partition coefficient (Wildman–Crippen LogP) is 8.27. The van der Waals surface area contributed by atoms with Crippen LogP contribution >= 0.6 is 10.2 Å². The van der Waals surface area contributed by atoms with E-state index in [1.54, 1.807) is 0 Å². The summed E-state index contributed by atoms with van der Waals surface area (Å²) in [5, 5.41) is 0. The van der Waals surface area contributed by atoms with Crippen LogP contribution < -0.4 is 4.74 Å². The van der Waals surface area contributed by atoms with Crippen molar-refractivity contribution in [2.45, 2.75) is 69.6 Å². The van der Waals surface area contributed by atoms with E-state index in [2.05, 4.69) is 6.92 Å². The number of esters is 1. The van der Waals surface area contributed by atoms with E-state index >= 15 is 0 Å². The normalized spacial score (nSPS) is 30.8. The highest BCUT2D eigenvalue weighted by Crippen LogP contribution is 3.02. The van der Waals surface area contributed by atoms with Gasteiger partial charge in [0.15, 0.2) is 0 Å². The van der Waals surface area contributed by atoms with Gasteiger partial charge in [-0.05, 0) is 80.5 Å². The minimum absolute atomic E-state index is 0.138. The topological polar surface area (TPSA) is 26.3 Å². The molecule has 0 radical (unpaired) electrons. The summed E-state index contributed by atoms with van der Waals surface area (Å²) in [6.07, 6.45) is 9.69. The van der Waals surface area contributed by atoms with Gasteiger partial charge in [-0.2, -0.15) is 0 Å². The minimum atomic E-state index is -9.71. The Morgan fingerprint density at radius 1 is 0.862 bits per heavy atom. The van der Waals surface area contributed by atoms with Crippen LogP contribution in [0.4, 0.5) is 19.4 Å². The number of rotatable bonds is 5. The molecule has 3 rings (SSSR count). The van der Waals surface area contributed by atoms with E-state index in [1.807, 2.05) is 0 Å². The second kappa shape index (κ2) is 7.43. The third-order valence-corrected chi connectivity index (χ3v) is 7.89. The van der Waals surface area contributed by atoms with Crippen LogP contribution in [0.2, 0.25) is 0 Å². The van der Waals surface area contributed by atoms with Gasteiger partial charge >= 0.3 is 16.2 Å². The van der Waals surface area contributed by atoms with Crippen LogP contribution in [0.15, 0.2) is 29.2 Å². The van der Waals surface area contributed by atoms with Crippen LogP contribution in [0.5, 0.6) is 5.75 Å². The summed E-state index contributed by atoms with van der Waals surface area (Å²) in [7, 11) is -9.71. The maximum absolute atomic E-state index is 12.8. The summed E-state index contributed by atoms with van der Waals surface area (Å²) >= 11 is 0. The molecular weight excluding hydrogens is 411 g/mol. The van der Waals surface area contributed by atoms with Gasteiger partial charge < -0.3 is 4.74 Å². The molecule has 0 N–H and O–H groups in total. The van der Waals surface area contributed by atoms with Gasteiger partial charge in [-0.25, -0.2) is 0 Å². The van der Waals surface area contributed by atoms with Gasteiger partial charge in [0.2, 0.25) is 0 Å². The van der Waals surface area contributed by atoms with Crippen molar-refractivity contribution >= 4 is 16.2 Å². The van der Waals surface area contributed by atoms with Gasteiger partial charge in [-0.1, -0.05) is 45.6 Å². The van der Waals surface area contributed by atoms with Gasteiger partial charge in [0.1, 0.15) is 10.6 Å². The van der Waals surface area contributed by atoms with Crippen molar-refractivity contribution in [2.24, 2.45) is 23.7 Å². The maximum Gasteiger partial charge on any atom is 0.314 e. The first-order valence-electron chi connectivity index (χ1n) is 10.4. The Labute approximate surface area is 168 Å².